The van der Waals surface area contributed by atoms with Crippen LogP contribution in [-0.4, -0.2) is 29.5 Å². The molecule has 0 aromatic carbocycles. The van der Waals surface area contributed by atoms with E-state index in [0.717, 1.165) is 5.69 Å². The maximum Gasteiger partial charge on any atom is 0.239 e. The van der Waals surface area contributed by atoms with Crippen molar-refractivity contribution in [3.8, 4) is 0 Å². The van der Waals surface area contributed by atoms with Gasteiger partial charge in [0.15, 0.2) is 0 Å². The Hall–Kier alpha value is -1.85. The van der Waals surface area contributed by atoms with Crippen molar-refractivity contribution in [1.29, 1.82) is 0 Å². The second kappa shape index (κ2) is 4.40. The Bertz CT molecular complexity index is 318. The molecule has 1 aromatic rings. The summed E-state index contributed by atoms with van der Waals surface area (Å²) < 4.78 is 0. The summed E-state index contributed by atoms with van der Waals surface area (Å²) in [7, 11) is 1.57. The van der Waals surface area contributed by atoms with Crippen molar-refractivity contribution >= 4 is 17.7 Å². The van der Waals surface area contributed by atoms with Crippen molar-refractivity contribution in [3.05, 3.63) is 11.8 Å². The van der Waals surface area contributed by atoms with E-state index < -0.39 is 0 Å². The molecule has 0 unspecified atom stereocenters. The summed E-state index contributed by atoms with van der Waals surface area (Å²) in [5, 5.41) is 5.32. The van der Waals surface area contributed by atoms with Crippen LogP contribution in [0.15, 0.2) is 6.07 Å². The second-order valence-electron chi connectivity index (χ2n) is 2.78. The van der Waals surface area contributed by atoms with Crippen LogP contribution in [0.1, 0.15) is 5.69 Å². The predicted octanol–water partition coefficient (Wildman–Crippen LogP) is -0.475. The number of hydrogen-bond donors (Lipinski definition) is 3. The van der Waals surface area contributed by atoms with Gasteiger partial charge in [0, 0.05) is 18.8 Å². The first-order valence-electron chi connectivity index (χ1n) is 4.17. The first-order chi connectivity index (χ1) is 6.61. The number of aromatic nitrogens is 2. The smallest absolute Gasteiger partial charge is 0.239 e. The standard InChI is InChI=1S/C8H13N5O/c1-5-3-6(13-8(9)12-5)11-4-7(14)10-2/h3H,4H2,1-2H3,(H,10,14)(H3,9,11,12,13). The van der Waals surface area contributed by atoms with Crippen LogP contribution in [0.5, 0.6) is 0 Å². The molecule has 1 aromatic heterocycles. The van der Waals surface area contributed by atoms with Gasteiger partial charge in [-0.25, -0.2) is 4.98 Å². The molecule has 1 heterocycles. The Morgan fingerprint density at radius 2 is 2.29 bits per heavy atom. The summed E-state index contributed by atoms with van der Waals surface area (Å²) in [6.45, 7) is 1.98. The summed E-state index contributed by atoms with van der Waals surface area (Å²) in [5.74, 6) is 0.642. The van der Waals surface area contributed by atoms with E-state index in [1.54, 1.807) is 13.1 Å². The molecular weight excluding hydrogens is 182 g/mol. The summed E-state index contributed by atoms with van der Waals surface area (Å²) in [6, 6.07) is 1.72. The third-order valence-corrected chi connectivity index (χ3v) is 1.58. The van der Waals surface area contributed by atoms with Gasteiger partial charge in [0.05, 0.1) is 6.54 Å². The van der Waals surface area contributed by atoms with Gasteiger partial charge in [0.1, 0.15) is 5.82 Å². The second-order valence-corrected chi connectivity index (χ2v) is 2.78. The van der Waals surface area contributed by atoms with Crippen LogP contribution in [0.2, 0.25) is 0 Å². The number of carbonyl (C=O) groups is 1. The molecule has 6 nitrogen and oxygen atoms in total. The van der Waals surface area contributed by atoms with Crippen molar-refractivity contribution in [2.45, 2.75) is 6.92 Å². The molecule has 1 amide bonds. The molecule has 4 N–H and O–H groups in total. The minimum Gasteiger partial charge on any atom is -0.368 e. The number of amides is 1. The van der Waals surface area contributed by atoms with E-state index in [0.29, 0.717) is 5.82 Å². The topological polar surface area (TPSA) is 92.9 Å². The number of nitrogens with zero attached hydrogens (tertiary/aromatic N) is 2. The number of anilines is 2. The largest absolute Gasteiger partial charge is 0.368 e. The quantitative estimate of drug-likeness (QED) is 0.606. The fourth-order valence-corrected chi connectivity index (χ4v) is 0.941. The molecule has 0 saturated heterocycles. The maximum absolute atomic E-state index is 10.9. The highest BCUT2D eigenvalue weighted by Crippen LogP contribution is 2.05. The van der Waals surface area contributed by atoms with E-state index in [-0.39, 0.29) is 18.4 Å². The Labute approximate surface area is 81.9 Å². The molecule has 0 spiro atoms. The fourth-order valence-electron chi connectivity index (χ4n) is 0.941. The first kappa shape index (κ1) is 10.2. The highest BCUT2D eigenvalue weighted by atomic mass is 16.1. The Balaban J connectivity index is 2.63. The van der Waals surface area contributed by atoms with E-state index in [2.05, 4.69) is 20.6 Å². The van der Waals surface area contributed by atoms with Crippen molar-refractivity contribution < 1.29 is 4.79 Å². The predicted molar refractivity (Wildman–Crippen MR) is 53.7 cm³/mol. The van der Waals surface area contributed by atoms with Crippen LogP contribution >= 0.6 is 0 Å². The Morgan fingerprint density at radius 3 is 2.86 bits per heavy atom. The lowest BCUT2D eigenvalue weighted by molar-refractivity contribution is -0.118. The van der Waals surface area contributed by atoms with Gasteiger partial charge in [-0.1, -0.05) is 0 Å². The van der Waals surface area contributed by atoms with Gasteiger partial charge >= 0.3 is 0 Å². The third kappa shape index (κ3) is 2.89. The van der Waals surface area contributed by atoms with Crippen LogP contribution in [-0.2, 0) is 4.79 Å². The Morgan fingerprint density at radius 1 is 1.57 bits per heavy atom. The van der Waals surface area contributed by atoms with Crippen molar-refractivity contribution in [2.24, 2.45) is 0 Å². The van der Waals surface area contributed by atoms with Gasteiger partial charge in [0.25, 0.3) is 0 Å². The van der Waals surface area contributed by atoms with Gasteiger partial charge < -0.3 is 16.4 Å². The molecular formula is C8H13N5O. The molecule has 0 bridgehead atoms. The number of nitrogens with one attached hydrogen (secondary N) is 2. The van der Waals surface area contributed by atoms with Crippen LogP contribution in [0.4, 0.5) is 11.8 Å². The molecule has 0 saturated carbocycles. The fraction of sp³-hybridized carbons (Fsp3) is 0.375. The number of aryl methyl sites for hydroxylation is 1. The molecule has 0 radical (unpaired) electrons. The normalized spacial score (nSPS) is 9.57. The lowest BCUT2D eigenvalue weighted by Gasteiger charge is -2.05. The average Bonchev–Trinajstić information content (AvgIpc) is 2.12. The van der Waals surface area contributed by atoms with E-state index >= 15 is 0 Å². The summed E-state index contributed by atoms with van der Waals surface area (Å²) in [4.78, 5) is 18.7. The molecule has 0 atom stereocenters. The number of likely N-dealkylation sites (N-methyl/N-ethyl adjacent to an activating group) is 1. The van der Waals surface area contributed by atoms with E-state index in [9.17, 15) is 4.79 Å². The lowest BCUT2D eigenvalue weighted by Crippen LogP contribution is -2.26. The van der Waals surface area contributed by atoms with Crippen molar-refractivity contribution in [3.63, 3.8) is 0 Å². The van der Waals surface area contributed by atoms with Crippen LogP contribution in [0.25, 0.3) is 0 Å². The van der Waals surface area contributed by atoms with Crippen LogP contribution in [0.3, 0.4) is 0 Å². The minimum absolute atomic E-state index is 0.111. The molecule has 76 valence electrons. The molecule has 0 fully saturated rings. The zero-order chi connectivity index (χ0) is 10.6. The van der Waals surface area contributed by atoms with Crippen molar-refractivity contribution in [2.75, 3.05) is 24.6 Å². The van der Waals surface area contributed by atoms with E-state index in [1.807, 2.05) is 6.92 Å². The molecule has 0 aliphatic heterocycles. The van der Waals surface area contributed by atoms with Gasteiger partial charge in [-0.2, -0.15) is 4.98 Å². The zero-order valence-corrected chi connectivity index (χ0v) is 8.16. The third-order valence-electron chi connectivity index (χ3n) is 1.58. The summed E-state index contributed by atoms with van der Waals surface area (Å²) in [6.07, 6.45) is 0. The molecule has 6 heteroatoms. The highest BCUT2D eigenvalue weighted by Gasteiger charge is 2.01. The zero-order valence-electron chi connectivity index (χ0n) is 8.16. The number of carbonyl (C=O) groups excluding carboxylic acids is 1. The van der Waals surface area contributed by atoms with Gasteiger partial charge in [0.2, 0.25) is 11.9 Å². The van der Waals surface area contributed by atoms with Crippen LogP contribution in [0, 0.1) is 6.92 Å². The summed E-state index contributed by atoms with van der Waals surface area (Å²) in [5.41, 5.74) is 6.20. The van der Waals surface area contributed by atoms with E-state index in [4.69, 9.17) is 5.73 Å². The number of hydrogen-bond acceptors (Lipinski definition) is 5. The Kier molecular flexibility index (Phi) is 3.22. The molecule has 14 heavy (non-hydrogen) atoms. The molecule has 0 aliphatic rings. The van der Waals surface area contributed by atoms with Gasteiger partial charge in [-0.15, -0.1) is 0 Å². The minimum atomic E-state index is -0.111. The first-order valence-corrected chi connectivity index (χ1v) is 4.17. The van der Waals surface area contributed by atoms with Crippen molar-refractivity contribution in [1.82, 2.24) is 15.3 Å². The van der Waals surface area contributed by atoms with E-state index in [1.165, 1.54) is 0 Å². The lowest BCUT2D eigenvalue weighted by atomic mass is 10.4. The number of nitrogen functional groups attached to an aromatic ring is 1. The monoisotopic (exact) mass is 195 g/mol. The molecule has 0 aliphatic carbocycles. The van der Waals surface area contributed by atoms with Gasteiger partial charge in [-0.3, -0.25) is 4.79 Å². The molecule has 1 rings (SSSR count). The van der Waals surface area contributed by atoms with Crippen LogP contribution < -0.4 is 16.4 Å². The maximum atomic E-state index is 10.9. The highest BCUT2D eigenvalue weighted by molar-refractivity contribution is 5.80. The SMILES string of the molecule is CNC(=O)CNc1cc(C)nc(N)n1. The average molecular weight is 195 g/mol. The number of rotatable bonds is 3. The number of nitrogens with two attached hydrogens (primary N) is 1. The van der Waals surface area contributed by atoms with Gasteiger partial charge in [-0.05, 0) is 6.92 Å². The summed E-state index contributed by atoms with van der Waals surface area (Å²) >= 11 is 0.